The summed E-state index contributed by atoms with van der Waals surface area (Å²) in [6.07, 6.45) is 0. The molecule has 0 bridgehead atoms. The van der Waals surface area contributed by atoms with Crippen LogP contribution in [-0.4, -0.2) is 10.1 Å². The third-order valence-corrected chi connectivity index (χ3v) is 4.12. The second-order valence-electron chi connectivity index (χ2n) is 4.31. The van der Waals surface area contributed by atoms with E-state index in [1.165, 1.54) is 0 Å². The molecule has 4 nitrogen and oxygen atoms in total. The number of aromatic nitrogens is 1. The van der Waals surface area contributed by atoms with E-state index in [-0.39, 0.29) is 5.88 Å². The highest BCUT2D eigenvalue weighted by Gasteiger charge is 2.10. The molecule has 2 N–H and O–H groups in total. The quantitative estimate of drug-likeness (QED) is 0.496. The van der Waals surface area contributed by atoms with Gasteiger partial charge in [0, 0.05) is 9.86 Å². The van der Waals surface area contributed by atoms with Gasteiger partial charge in [0.05, 0.1) is 21.2 Å². The molecule has 0 saturated carbocycles. The Balaban J connectivity index is 2.04. The SMILES string of the molecule is Oc1[nH]c2ccc(Br)cc2c1N=Nc1ccc(Cl)c(Cl)c1. The fourth-order valence-electron chi connectivity index (χ4n) is 1.89. The zero-order chi connectivity index (χ0) is 15.0. The molecule has 3 rings (SSSR count). The minimum absolute atomic E-state index is 0.0353. The summed E-state index contributed by atoms with van der Waals surface area (Å²) in [6.45, 7) is 0. The first-order chi connectivity index (χ1) is 10.0. The van der Waals surface area contributed by atoms with Crippen molar-refractivity contribution < 1.29 is 5.11 Å². The minimum Gasteiger partial charge on any atom is -0.493 e. The van der Waals surface area contributed by atoms with Gasteiger partial charge in [0.25, 0.3) is 0 Å². The number of hydrogen-bond donors (Lipinski definition) is 2. The third-order valence-electron chi connectivity index (χ3n) is 2.88. The number of rotatable bonds is 2. The van der Waals surface area contributed by atoms with Gasteiger partial charge in [-0.1, -0.05) is 39.1 Å². The van der Waals surface area contributed by atoms with Crippen LogP contribution in [0.1, 0.15) is 0 Å². The Kier molecular flexibility index (Phi) is 3.89. The lowest BCUT2D eigenvalue weighted by molar-refractivity contribution is 0.459. The molecule has 0 spiro atoms. The summed E-state index contributed by atoms with van der Waals surface area (Å²) in [6, 6.07) is 10.5. The van der Waals surface area contributed by atoms with E-state index in [0.717, 1.165) is 15.4 Å². The van der Waals surface area contributed by atoms with Gasteiger partial charge in [-0.15, -0.1) is 5.11 Å². The van der Waals surface area contributed by atoms with Gasteiger partial charge in [-0.2, -0.15) is 5.11 Å². The van der Waals surface area contributed by atoms with Crippen molar-refractivity contribution in [1.29, 1.82) is 0 Å². The van der Waals surface area contributed by atoms with Crippen LogP contribution in [0.4, 0.5) is 11.4 Å². The first-order valence-electron chi connectivity index (χ1n) is 5.91. The Morgan fingerprint density at radius 1 is 1.00 bits per heavy atom. The van der Waals surface area contributed by atoms with Crippen LogP contribution in [0.3, 0.4) is 0 Å². The van der Waals surface area contributed by atoms with Crippen LogP contribution in [0, 0.1) is 0 Å². The molecule has 0 aliphatic carbocycles. The largest absolute Gasteiger partial charge is 0.493 e. The van der Waals surface area contributed by atoms with Crippen molar-refractivity contribution in [1.82, 2.24) is 4.98 Å². The van der Waals surface area contributed by atoms with E-state index in [4.69, 9.17) is 23.2 Å². The minimum atomic E-state index is -0.0353. The number of nitrogens with zero attached hydrogens (tertiary/aromatic N) is 2. The van der Waals surface area contributed by atoms with Gasteiger partial charge in [0.2, 0.25) is 5.88 Å². The Bertz CT molecular complexity index is 861. The highest BCUT2D eigenvalue weighted by atomic mass is 79.9. The topological polar surface area (TPSA) is 60.7 Å². The van der Waals surface area contributed by atoms with E-state index < -0.39 is 0 Å². The predicted octanol–water partition coefficient (Wildman–Crippen LogP) is 6.36. The van der Waals surface area contributed by atoms with Crippen LogP contribution in [-0.2, 0) is 0 Å². The first-order valence-corrected chi connectivity index (χ1v) is 7.46. The molecule has 106 valence electrons. The molecular formula is C14H8BrCl2N3O. The molecule has 0 fully saturated rings. The maximum Gasteiger partial charge on any atom is 0.218 e. The van der Waals surface area contributed by atoms with Crippen molar-refractivity contribution in [3.8, 4) is 5.88 Å². The summed E-state index contributed by atoms with van der Waals surface area (Å²) < 4.78 is 0.889. The van der Waals surface area contributed by atoms with Crippen LogP contribution >= 0.6 is 39.1 Å². The van der Waals surface area contributed by atoms with Gasteiger partial charge in [0.15, 0.2) is 5.69 Å². The Morgan fingerprint density at radius 3 is 2.57 bits per heavy atom. The molecule has 0 saturated heterocycles. The molecule has 0 amide bonds. The standard InChI is InChI=1S/C14H8BrCl2N3O/c15-7-1-4-12-9(5-7)13(14(21)18-12)20-19-8-2-3-10(16)11(17)6-8/h1-6,18,21H. The zero-order valence-corrected chi connectivity index (χ0v) is 13.5. The number of aromatic amines is 1. The molecule has 0 radical (unpaired) electrons. The van der Waals surface area contributed by atoms with Gasteiger partial charge in [-0.05, 0) is 36.4 Å². The fourth-order valence-corrected chi connectivity index (χ4v) is 2.55. The van der Waals surface area contributed by atoms with Crippen molar-refractivity contribution in [2.45, 2.75) is 0 Å². The normalized spacial score (nSPS) is 11.6. The molecule has 2 aromatic carbocycles. The van der Waals surface area contributed by atoms with Gasteiger partial charge in [0.1, 0.15) is 0 Å². The molecule has 21 heavy (non-hydrogen) atoms. The first kappa shape index (κ1) is 14.4. The summed E-state index contributed by atoms with van der Waals surface area (Å²) in [5.74, 6) is -0.0353. The number of benzene rings is 2. The Labute approximate surface area is 138 Å². The lowest BCUT2D eigenvalue weighted by atomic mass is 10.2. The predicted molar refractivity (Wildman–Crippen MR) is 88.3 cm³/mol. The number of azo groups is 1. The van der Waals surface area contributed by atoms with E-state index >= 15 is 0 Å². The zero-order valence-electron chi connectivity index (χ0n) is 10.4. The Morgan fingerprint density at radius 2 is 1.81 bits per heavy atom. The van der Waals surface area contributed by atoms with Crippen LogP contribution < -0.4 is 0 Å². The molecular weight excluding hydrogens is 377 g/mol. The molecule has 3 aromatic rings. The van der Waals surface area contributed by atoms with Crippen LogP contribution in [0.2, 0.25) is 10.0 Å². The summed E-state index contributed by atoms with van der Waals surface area (Å²) in [5, 5.41) is 19.7. The second kappa shape index (κ2) is 5.67. The molecule has 1 heterocycles. The van der Waals surface area contributed by atoms with Gasteiger partial charge in [-0.25, -0.2) is 0 Å². The van der Waals surface area contributed by atoms with Crippen LogP contribution in [0.5, 0.6) is 5.88 Å². The molecule has 0 atom stereocenters. The summed E-state index contributed by atoms with van der Waals surface area (Å²) in [7, 11) is 0. The van der Waals surface area contributed by atoms with Crippen molar-refractivity contribution in [2.75, 3.05) is 0 Å². The summed E-state index contributed by atoms with van der Waals surface area (Å²) in [5.41, 5.74) is 1.70. The lowest BCUT2D eigenvalue weighted by Gasteiger charge is -1.97. The van der Waals surface area contributed by atoms with Crippen molar-refractivity contribution in [2.24, 2.45) is 10.2 Å². The maximum absolute atomic E-state index is 9.93. The van der Waals surface area contributed by atoms with Gasteiger partial charge < -0.3 is 10.1 Å². The lowest BCUT2D eigenvalue weighted by Crippen LogP contribution is -1.69. The molecule has 0 aliphatic rings. The van der Waals surface area contributed by atoms with Crippen LogP contribution in [0.15, 0.2) is 51.1 Å². The maximum atomic E-state index is 9.93. The summed E-state index contributed by atoms with van der Waals surface area (Å²) in [4.78, 5) is 2.84. The molecule has 0 aliphatic heterocycles. The van der Waals surface area contributed by atoms with Gasteiger partial charge in [-0.3, -0.25) is 0 Å². The Hall–Kier alpha value is -1.56. The monoisotopic (exact) mass is 383 g/mol. The number of aromatic hydroxyl groups is 1. The molecule has 1 aromatic heterocycles. The smallest absolute Gasteiger partial charge is 0.218 e. The van der Waals surface area contributed by atoms with E-state index in [1.807, 2.05) is 18.2 Å². The number of nitrogens with one attached hydrogen (secondary N) is 1. The van der Waals surface area contributed by atoms with Crippen LogP contribution in [0.25, 0.3) is 10.9 Å². The molecule has 0 unspecified atom stereocenters. The number of halogens is 3. The van der Waals surface area contributed by atoms with E-state index in [9.17, 15) is 5.11 Å². The average Bonchev–Trinajstić information content (AvgIpc) is 2.75. The van der Waals surface area contributed by atoms with Crippen molar-refractivity contribution in [3.05, 3.63) is 50.9 Å². The average molecular weight is 385 g/mol. The van der Waals surface area contributed by atoms with E-state index in [1.54, 1.807) is 18.2 Å². The highest BCUT2D eigenvalue weighted by molar-refractivity contribution is 9.10. The fraction of sp³-hybridized carbons (Fsp3) is 0. The number of H-pyrrole nitrogens is 1. The number of fused-ring (bicyclic) bond motifs is 1. The van der Waals surface area contributed by atoms with E-state index in [2.05, 4.69) is 31.1 Å². The number of hydrogen-bond acceptors (Lipinski definition) is 3. The summed E-state index contributed by atoms with van der Waals surface area (Å²) >= 11 is 15.2. The van der Waals surface area contributed by atoms with Gasteiger partial charge >= 0.3 is 0 Å². The second-order valence-corrected chi connectivity index (χ2v) is 6.04. The molecule has 7 heteroatoms. The third kappa shape index (κ3) is 2.90. The van der Waals surface area contributed by atoms with Crippen molar-refractivity contribution >= 4 is 61.4 Å². The van der Waals surface area contributed by atoms with E-state index in [0.29, 0.717) is 21.4 Å². The highest BCUT2D eigenvalue weighted by Crippen LogP contribution is 2.38. The van der Waals surface area contributed by atoms with Crippen molar-refractivity contribution in [3.63, 3.8) is 0 Å².